The first kappa shape index (κ1) is 13.9. The van der Waals surface area contributed by atoms with E-state index in [0.29, 0.717) is 11.4 Å². The van der Waals surface area contributed by atoms with Gasteiger partial charge in [-0.3, -0.25) is 9.59 Å². The van der Waals surface area contributed by atoms with Gasteiger partial charge in [0.15, 0.2) is 0 Å². The highest BCUT2D eigenvalue weighted by Gasteiger charge is 2.29. The first-order chi connectivity index (χ1) is 9.08. The molecule has 1 fully saturated rings. The molecule has 0 bridgehead atoms. The Morgan fingerprint density at radius 3 is 2.63 bits per heavy atom. The number of hydrogen-bond donors (Lipinski definition) is 3. The fourth-order valence-electron chi connectivity index (χ4n) is 1.63. The van der Waals surface area contributed by atoms with Gasteiger partial charge in [0, 0.05) is 23.9 Å². The zero-order chi connectivity index (χ0) is 13.8. The minimum atomic E-state index is -0.586. The molecule has 1 saturated carbocycles. The van der Waals surface area contributed by atoms with Crippen molar-refractivity contribution in [1.29, 1.82) is 0 Å². The molecule has 0 radical (unpaired) electrons. The average molecular weight is 282 g/mol. The molecule has 0 spiro atoms. The molecule has 2 rings (SSSR count). The maximum atomic E-state index is 13.4. The molecule has 0 heterocycles. The highest BCUT2D eigenvalue weighted by molar-refractivity contribution is 7.80. The summed E-state index contributed by atoms with van der Waals surface area (Å²) < 4.78 is 13.4. The van der Waals surface area contributed by atoms with Gasteiger partial charge in [-0.05, 0) is 31.0 Å². The van der Waals surface area contributed by atoms with Gasteiger partial charge in [-0.15, -0.1) is 12.6 Å². The van der Waals surface area contributed by atoms with Crippen LogP contribution in [0.3, 0.4) is 0 Å². The Labute approximate surface area is 116 Å². The second-order valence-corrected chi connectivity index (χ2v) is 5.00. The monoisotopic (exact) mass is 282 g/mol. The van der Waals surface area contributed by atoms with Gasteiger partial charge in [0.05, 0.1) is 5.56 Å². The van der Waals surface area contributed by atoms with E-state index in [1.807, 2.05) is 0 Å². The highest BCUT2D eigenvalue weighted by Crippen LogP contribution is 2.28. The third-order valence-electron chi connectivity index (χ3n) is 2.85. The van der Waals surface area contributed by atoms with Gasteiger partial charge in [0.2, 0.25) is 5.91 Å². The molecule has 19 heavy (non-hydrogen) atoms. The van der Waals surface area contributed by atoms with Crippen LogP contribution in [-0.2, 0) is 4.79 Å². The van der Waals surface area contributed by atoms with E-state index in [1.54, 1.807) is 0 Å². The van der Waals surface area contributed by atoms with Crippen molar-refractivity contribution >= 4 is 24.4 Å². The minimum Gasteiger partial charge on any atom is -0.354 e. The summed E-state index contributed by atoms with van der Waals surface area (Å²) in [4.78, 5) is 23.6. The standard InChI is InChI=1S/C13H15FN2O2S/c14-11-4-3-9(19)7-10(11)13(18)16-6-5-15-12(17)8-1-2-8/h3-4,7-8,19H,1-2,5-6H2,(H,15,17)(H,16,18). The number of carbonyl (C=O) groups excluding carboxylic acids is 2. The van der Waals surface area contributed by atoms with Crippen LogP contribution in [0.4, 0.5) is 4.39 Å². The first-order valence-electron chi connectivity index (χ1n) is 6.12. The molecule has 6 heteroatoms. The molecule has 0 unspecified atom stereocenters. The lowest BCUT2D eigenvalue weighted by molar-refractivity contribution is -0.122. The third kappa shape index (κ3) is 3.96. The number of halogens is 1. The minimum absolute atomic E-state index is 0.0257. The Balaban J connectivity index is 1.77. The van der Waals surface area contributed by atoms with Crippen molar-refractivity contribution in [3.63, 3.8) is 0 Å². The maximum Gasteiger partial charge on any atom is 0.254 e. The number of amides is 2. The Bertz CT molecular complexity index is 503. The van der Waals surface area contributed by atoms with Gasteiger partial charge < -0.3 is 10.6 Å². The van der Waals surface area contributed by atoms with E-state index in [0.717, 1.165) is 12.8 Å². The van der Waals surface area contributed by atoms with Crippen molar-refractivity contribution in [2.45, 2.75) is 17.7 Å². The van der Waals surface area contributed by atoms with E-state index in [1.165, 1.54) is 18.2 Å². The summed E-state index contributed by atoms with van der Waals surface area (Å²) in [5.74, 6) is -0.918. The number of benzene rings is 1. The van der Waals surface area contributed by atoms with Crippen LogP contribution in [0.5, 0.6) is 0 Å². The van der Waals surface area contributed by atoms with Crippen molar-refractivity contribution in [2.24, 2.45) is 5.92 Å². The molecule has 0 aliphatic heterocycles. The fraction of sp³-hybridized carbons (Fsp3) is 0.385. The molecular weight excluding hydrogens is 267 g/mol. The van der Waals surface area contributed by atoms with Gasteiger partial charge in [-0.25, -0.2) is 4.39 Å². The normalized spacial score (nSPS) is 14.0. The zero-order valence-corrected chi connectivity index (χ0v) is 11.2. The van der Waals surface area contributed by atoms with Gasteiger partial charge in [0.25, 0.3) is 5.91 Å². The number of nitrogens with one attached hydrogen (secondary N) is 2. The summed E-state index contributed by atoms with van der Waals surface area (Å²) in [6.07, 6.45) is 1.89. The van der Waals surface area contributed by atoms with Gasteiger partial charge in [0.1, 0.15) is 5.82 Å². The number of thiol groups is 1. The summed E-state index contributed by atoms with van der Waals surface area (Å²) in [6.45, 7) is 0.622. The smallest absolute Gasteiger partial charge is 0.254 e. The lowest BCUT2D eigenvalue weighted by Crippen LogP contribution is -2.35. The van der Waals surface area contributed by atoms with Gasteiger partial charge in [-0.1, -0.05) is 0 Å². The second kappa shape index (κ2) is 6.06. The van der Waals surface area contributed by atoms with Crippen molar-refractivity contribution in [3.8, 4) is 0 Å². The quantitative estimate of drug-likeness (QED) is 0.564. The lowest BCUT2D eigenvalue weighted by atomic mass is 10.2. The number of hydrogen-bond acceptors (Lipinski definition) is 3. The fourth-order valence-corrected chi connectivity index (χ4v) is 1.84. The lowest BCUT2D eigenvalue weighted by Gasteiger charge is -2.07. The number of rotatable bonds is 5. The van der Waals surface area contributed by atoms with Crippen LogP contribution < -0.4 is 10.6 Å². The molecule has 1 aliphatic carbocycles. The molecule has 102 valence electrons. The molecule has 1 aromatic carbocycles. The van der Waals surface area contributed by atoms with Gasteiger partial charge >= 0.3 is 0 Å². The van der Waals surface area contributed by atoms with Crippen molar-refractivity contribution in [1.82, 2.24) is 10.6 Å². The van der Waals surface area contributed by atoms with Crippen molar-refractivity contribution in [3.05, 3.63) is 29.6 Å². The van der Waals surface area contributed by atoms with Gasteiger partial charge in [-0.2, -0.15) is 0 Å². The van der Waals surface area contributed by atoms with Crippen LogP contribution in [0, 0.1) is 11.7 Å². The number of carbonyl (C=O) groups is 2. The van der Waals surface area contributed by atoms with Crippen LogP contribution in [0.15, 0.2) is 23.1 Å². The predicted molar refractivity (Wildman–Crippen MR) is 71.7 cm³/mol. The molecule has 2 N–H and O–H groups in total. The van der Waals surface area contributed by atoms with Crippen LogP contribution in [0.2, 0.25) is 0 Å². The van der Waals surface area contributed by atoms with Crippen molar-refractivity contribution < 1.29 is 14.0 Å². The van der Waals surface area contributed by atoms with E-state index in [-0.39, 0.29) is 23.9 Å². The molecule has 1 aliphatic rings. The predicted octanol–water partition coefficient (Wildman–Crippen LogP) is 1.37. The Kier molecular flexibility index (Phi) is 4.42. The van der Waals surface area contributed by atoms with E-state index in [2.05, 4.69) is 23.3 Å². The molecular formula is C13H15FN2O2S. The zero-order valence-electron chi connectivity index (χ0n) is 10.3. The summed E-state index contributed by atoms with van der Waals surface area (Å²) in [5.41, 5.74) is -0.0407. The van der Waals surface area contributed by atoms with Crippen LogP contribution >= 0.6 is 12.6 Å². The topological polar surface area (TPSA) is 58.2 Å². The van der Waals surface area contributed by atoms with Crippen LogP contribution in [0.25, 0.3) is 0 Å². The molecule has 0 saturated heterocycles. The largest absolute Gasteiger partial charge is 0.354 e. The second-order valence-electron chi connectivity index (χ2n) is 4.49. The Morgan fingerprint density at radius 2 is 1.95 bits per heavy atom. The molecule has 0 atom stereocenters. The maximum absolute atomic E-state index is 13.4. The van der Waals surface area contributed by atoms with Crippen LogP contribution in [0.1, 0.15) is 23.2 Å². The van der Waals surface area contributed by atoms with E-state index in [9.17, 15) is 14.0 Å². The Hall–Kier alpha value is -1.56. The van der Waals surface area contributed by atoms with E-state index >= 15 is 0 Å². The molecule has 1 aromatic rings. The summed E-state index contributed by atoms with van der Waals surface area (Å²) in [7, 11) is 0. The average Bonchev–Trinajstić information content (AvgIpc) is 3.21. The molecule has 2 amide bonds. The summed E-state index contributed by atoms with van der Waals surface area (Å²) in [5, 5.41) is 5.27. The SMILES string of the molecule is O=C(NCCNC(=O)C1CC1)c1cc(S)ccc1F. The van der Waals surface area contributed by atoms with E-state index < -0.39 is 11.7 Å². The van der Waals surface area contributed by atoms with E-state index in [4.69, 9.17) is 0 Å². The van der Waals surface area contributed by atoms with Crippen LogP contribution in [-0.4, -0.2) is 24.9 Å². The van der Waals surface area contributed by atoms with Crippen molar-refractivity contribution in [2.75, 3.05) is 13.1 Å². The third-order valence-corrected chi connectivity index (χ3v) is 3.13. The Morgan fingerprint density at radius 1 is 1.26 bits per heavy atom. The molecule has 0 aromatic heterocycles. The highest BCUT2D eigenvalue weighted by atomic mass is 32.1. The summed E-state index contributed by atoms with van der Waals surface area (Å²) >= 11 is 4.06. The molecule has 4 nitrogen and oxygen atoms in total. The summed E-state index contributed by atoms with van der Waals surface area (Å²) in [6, 6.07) is 4.05. The first-order valence-corrected chi connectivity index (χ1v) is 6.57.